The topological polar surface area (TPSA) is 58.2 Å². The molecular weight excluding hydrogens is 674 g/mol. The number of nitrogens with one attached hydrogen (secondary N) is 2. The second-order valence-electron chi connectivity index (χ2n) is 9.98. The van der Waals surface area contributed by atoms with Crippen molar-refractivity contribution in [3.8, 4) is 22.3 Å². The van der Waals surface area contributed by atoms with Gasteiger partial charge in [-0.25, -0.2) is 0 Å². The molecule has 196 valence electrons. The van der Waals surface area contributed by atoms with Crippen LogP contribution in [0.25, 0.3) is 34.4 Å². The Balaban J connectivity index is 0.000000411. The van der Waals surface area contributed by atoms with E-state index in [2.05, 4.69) is 130 Å². The monoisotopic (exact) mass is 704 g/mol. The summed E-state index contributed by atoms with van der Waals surface area (Å²) in [5.74, 6) is 0. The summed E-state index contributed by atoms with van der Waals surface area (Å²) in [6.45, 7) is 4.71. The number of hydrogen-bond donors (Lipinski definition) is 2. The first-order valence-electron chi connectivity index (χ1n) is 13.5. The van der Waals surface area contributed by atoms with E-state index in [1.165, 1.54) is 33.4 Å². The van der Waals surface area contributed by atoms with E-state index in [9.17, 15) is 9.59 Å². The zero-order valence-corrected chi connectivity index (χ0v) is 29.2. The zero-order valence-electron chi connectivity index (χ0n) is 22.7. The van der Waals surface area contributed by atoms with Crippen LogP contribution < -0.4 is 6.61 Å². The molecule has 2 N–H and O–H groups in total. The number of amides is 2. The van der Waals surface area contributed by atoms with Crippen LogP contribution in [-0.4, -0.2) is 36.3 Å². The third kappa shape index (κ3) is 6.19. The van der Waals surface area contributed by atoms with Crippen molar-refractivity contribution in [2.45, 2.75) is 21.1 Å². The maximum absolute atomic E-state index is 9.47. The molecule has 0 heterocycles. The van der Waals surface area contributed by atoms with Crippen molar-refractivity contribution in [2.75, 3.05) is 0 Å². The fraction of sp³-hybridized carbons (Fsp3) is 0.118. The first kappa shape index (κ1) is 28.6. The van der Waals surface area contributed by atoms with Crippen LogP contribution in [0.4, 0.5) is 0 Å². The Hall–Kier alpha value is -2.95. The summed E-state index contributed by atoms with van der Waals surface area (Å²) in [6, 6.07) is 35.6. The van der Waals surface area contributed by atoms with Crippen molar-refractivity contribution in [3.63, 3.8) is 0 Å². The van der Waals surface area contributed by atoms with Crippen LogP contribution in [-0.2, 0) is 32.8 Å². The molecule has 0 bridgehead atoms. The number of allylic oxidation sites excluding steroid dienone is 2. The van der Waals surface area contributed by atoms with Crippen molar-refractivity contribution in [2.24, 2.45) is 0 Å². The summed E-state index contributed by atoms with van der Waals surface area (Å²) >= 11 is -2.19. The van der Waals surface area contributed by atoms with Gasteiger partial charge in [0.05, 0.1) is 0 Å². The molecule has 4 aromatic carbocycles. The Morgan fingerprint density at radius 1 is 0.600 bits per heavy atom. The van der Waals surface area contributed by atoms with Gasteiger partial charge in [-0.2, -0.15) is 0 Å². The van der Waals surface area contributed by atoms with E-state index in [1.807, 2.05) is 0 Å². The summed E-state index contributed by atoms with van der Waals surface area (Å²) < 4.78 is 6.14. The second-order valence-corrected chi connectivity index (χ2v) is 17.0. The minimum absolute atomic E-state index is 0.604. The van der Waals surface area contributed by atoms with Gasteiger partial charge in [0.2, 0.25) is 0 Å². The number of rotatable bonds is 8. The van der Waals surface area contributed by atoms with Crippen molar-refractivity contribution < 1.29 is 32.8 Å². The molecule has 40 heavy (non-hydrogen) atoms. The van der Waals surface area contributed by atoms with E-state index in [0.29, 0.717) is 20.1 Å². The Labute approximate surface area is 259 Å². The van der Waals surface area contributed by atoms with Crippen molar-refractivity contribution in [1.29, 1.82) is 0 Å². The summed E-state index contributed by atoms with van der Waals surface area (Å²) in [5.41, 5.74) is 14.5. The second kappa shape index (κ2) is 13.6. The Bertz CT molecular complexity index is 1450. The van der Waals surface area contributed by atoms with Crippen LogP contribution in [0.3, 0.4) is 0 Å². The fourth-order valence-electron chi connectivity index (χ4n) is 5.59. The molecule has 6 heteroatoms. The van der Waals surface area contributed by atoms with Crippen LogP contribution in [0, 0.1) is 0 Å². The molecule has 0 aliphatic heterocycles. The van der Waals surface area contributed by atoms with E-state index in [4.69, 9.17) is 0 Å². The molecule has 0 saturated heterocycles. The third-order valence-corrected chi connectivity index (χ3v) is 15.0. The number of carbonyl (C=O) groups excluding carboxylic acids is 2. The Morgan fingerprint density at radius 3 is 1.43 bits per heavy atom. The van der Waals surface area contributed by atoms with Gasteiger partial charge in [-0.05, 0) is 0 Å². The Kier molecular flexibility index (Phi) is 9.72. The molecule has 2 unspecified atom stereocenters. The Morgan fingerprint density at radius 2 is 1.02 bits per heavy atom. The van der Waals surface area contributed by atoms with Gasteiger partial charge in [-0.3, -0.25) is 0 Å². The average molecular weight is 706 g/mol. The third-order valence-electron chi connectivity index (χ3n) is 7.43. The van der Waals surface area contributed by atoms with Gasteiger partial charge in [0, 0.05) is 0 Å². The van der Waals surface area contributed by atoms with Gasteiger partial charge in [0.25, 0.3) is 0 Å². The van der Waals surface area contributed by atoms with Gasteiger partial charge in [0.15, 0.2) is 0 Å². The van der Waals surface area contributed by atoms with Crippen LogP contribution in [0.15, 0.2) is 108 Å². The van der Waals surface area contributed by atoms with Gasteiger partial charge >= 0.3 is 262 Å². The standard InChI is InChI=1S/2C16H13.2CH3NO.In.Zr.H/c2*1-12-10-14-8-5-9-15(16(14)11-12)13-6-3-2-4-7-13;2*2-1-3;;;/h2*2-11H,1H3;2*1H,(H2,2,3);;;/q;;;;+2;;/p-2. The number of hydrogen-bond acceptors (Lipinski definition) is 2. The zero-order chi connectivity index (χ0) is 27.9. The molecule has 4 nitrogen and oxygen atoms in total. The maximum atomic E-state index is 9.47. The summed E-state index contributed by atoms with van der Waals surface area (Å²) in [6.07, 6.45) is 6.15. The molecule has 2 amide bonds. The predicted octanol–water partition coefficient (Wildman–Crippen LogP) is 6.46. The molecule has 2 atom stereocenters. The summed E-state index contributed by atoms with van der Waals surface area (Å²) in [7, 11) is 0. The van der Waals surface area contributed by atoms with Gasteiger partial charge in [-0.15, -0.1) is 0 Å². The molecule has 2 aliphatic rings. The predicted molar refractivity (Wildman–Crippen MR) is 162 cm³/mol. The fourth-order valence-corrected chi connectivity index (χ4v) is 11.0. The van der Waals surface area contributed by atoms with Crippen LogP contribution in [0.2, 0.25) is 0 Å². The molecule has 0 saturated carbocycles. The quantitative estimate of drug-likeness (QED) is 0.163. The molecule has 6 rings (SSSR count). The summed E-state index contributed by atoms with van der Waals surface area (Å²) in [4.78, 5) is 18.9. The summed E-state index contributed by atoms with van der Waals surface area (Å²) in [5, 5.41) is 0. The van der Waals surface area contributed by atoms with E-state index in [0.717, 1.165) is 0 Å². The normalized spacial score (nSPS) is 16.2. The van der Waals surface area contributed by atoms with Gasteiger partial charge in [0.1, 0.15) is 0 Å². The van der Waals surface area contributed by atoms with Gasteiger partial charge in [-0.1, -0.05) is 0 Å². The van der Waals surface area contributed by atoms with Crippen LogP contribution in [0.1, 0.15) is 43.4 Å². The molecule has 0 fully saturated rings. The molecule has 0 aromatic heterocycles. The van der Waals surface area contributed by atoms with E-state index < -0.39 is 46.7 Å². The van der Waals surface area contributed by atoms with Crippen LogP contribution in [0.5, 0.6) is 0 Å². The molecule has 0 radical (unpaired) electrons. The average Bonchev–Trinajstić information content (AvgIpc) is 3.49. The first-order valence-corrected chi connectivity index (χ1v) is 20.3. The molecular formula is C34H31InN2O2Zr. The number of carbonyl (C=O) groups is 2. The number of benzene rings is 4. The van der Waals surface area contributed by atoms with Crippen molar-refractivity contribution in [3.05, 3.63) is 130 Å². The first-order chi connectivity index (χ1) is 19.6. The molecule has 0 spiro atoms. The molecule has 2 aliphatic carbocycles. The number of fused-ring (bicyclic) bond motifs is 2. The SMILES string of the molecule is CC1=Cc2c(-c3ccccc3)cccc2[CH]1[Zr][CH]1C(C)=Cc2c(-c3ccccc3)cccc21.O=C[NH][InH][NH]C=O. The van der Waals surface area contributed by atoms with Crippen molar-refractivity contribution >= 4 is 48.5 Å². The van der Waals surface area contributed by atoms with E-state index >= 15 is 0 Å². The van der Waals surface area contributed by atoms with E-state index in [-0.39, 0.29) is 0 Å². The van der Waals surface area contributed by atoms with E-state index in [1.54, 1.807) is 22.3 Å². The van der Waals surface area contributed by atoms with Crippen LogP contribution >= 0.6 is 0 Å². The minimum atomic E-state index is -1.35. The van der Waals surface area contributed by atoms with Gasteiger partial charge < -0.3 is 0 Å². The van der Waals surface area contributed by atoms with Crippen molar-refractivity contribution in [1.82, 2.24) is 6.61 Å². The molecule has 4 aromatic rings.